The zero-order valence-corrected chi connectivity index (χ0v) is 13.0. The maximum atomic E-state index is 12.1. The Morgan fingerprint density at radius 3 is 2.63 bits per heavy atom. The lowest BCUT2D eigenvalue weighted by atomic mass is 10.2. The van der Waals surface area contributed by atoms with Crippen LogP contribution in [-0.2, 0) is 10.8 Å². The number of rotatable bonds is 4. The first-order chi connectivity index (χ1) is 8.97. The first kappa shape index (κ1) is 14.4. The number of benzene rings is 1. The summed E-state index contributed by atoms with van der Waals surface area (Å²) >= 11 is 7.44. The van der Waals surface area contributed by atoms with Crippen molar-refractivity contribution in [3.8, 4) is 0 Å². The average Bonchev–Trinajstić information content (AvgIpc) is 2.68. The molecule has 0 saturated heterocycles. The first-order valence-electron chi connectivity index (χ1n) is 5.71. The molecule has 100 valence electrons. The molecule has 0 saturated carbocycles. The Morgan fingerprint density at radius 2 is 2.05 bits per heavy atom. The summed E-state index contributed by atoms with van der Waals surface area (Å²) in [7, 11) is -1.35. The van der Waals surface area contributed by atoms with Crippen LogP contribution in [0, 0.1) is 13.8 Å². The zero-order chi connectivity index (χ0) is 14.0. The van der Waals surface area contributed by atoms with E-state index in [1.165, 1.54) is 0 Å². The Bertz CT molecular complexity index is 647. The van der Waals surface area contributed by atoms with Gasteiger partial charge in [-0.3, -0.25) is 9.00 Å². The van der Waals surface area contributed by atoms with Gasteiger partial charge in [0.15, 0.2) is 5.78 Å². The number of Topliss-reactive ketones (excluding diaryl/α,β-unsaturated/α-hetero) is 1. The minimum Gasteiger partial charge on any atom is -0.293 e. The molecule has 19 heavy (non-hydrogen) atoms. The van der Waals surface area contributed by atoms with Crippen LogP contribution in [0.15, 0.2) is 35.2 Å². The van der Waals surface area contributed by atoms with Crippen LogP contribution in [-0.4, -0.2) is 15.7 Å². The van der Waals surface area contributed by atoms with E-state index in [4.69, 9.17) is 11.6 Å². The highest BCUT2D eigenvalue weighted by molar-refractivity contribution is 7.85. The van der Waals surface area contributed by atoms with Crippen LogP contribution in [0.1, 0.15) is 20.1 Å². The number of aryl methyl sites for hydroxylation is 2. The Labute approximate surface area is 123 Å². The molecule has 1 atom stereocenters. The topological polar surface area (TPSA) is 34.1 Å². The molecule has 2 aromatic rings. The van der Waals surface area contributed by atoms with Crippen LogP contribution >= 0.6 is 22.9 Å². The van der Waals surface area contributed by atoms with Crippen molar-refractivity contribution < 1.29 is 9.00 Å². The van der Waals surface area contributed by atoms with Gasteiger partial charge in [0.05, 0.1) is 16.6 Å². The molecule has 0 radical (unpaired) electrons. The molecule has 2 rings (SSSR count). The van der Waals surface area contributed by atoms with Gasteiger partial charge in [0, 0.05) is 25.2 Å². The number of halogens is 1. The molecule has 0 spiro atoms. The first-order valence-corrected chi connectivity index (χ1v) is 8.23. The van der Waals surface area contributed by atoms with Gasteiger partial charge in [-0.25, -0.2) is 0 Å². The molecule has 5 heteroatoms. The quantitative estimate of drug-likeness (QED) is 0.799. The van der Waals surface area contributed by atoms with Gasteiger partial charge < -0.3 is 0 Å². The maximum absolute atomic E-state index is 12.1. The Morgan fingerprint density at radius 1 is 1.32 bits per heavy atom. The molecule has 0 aliphatic rings. The maximum Gasteiger partial charge on any atom is 0.176 e. The number of carbonyl (C=O) groups excluding carboxylic acids is 1. The molecule has 0 aliphatic heterocycles. The highest BCUT2D eigenvalue weighted by atomic mass is 35.5. The molecule has 0 bridgehead atoms. The van der Waals surface area contributed by atoms with E-state index in [1.807, 2.05) is 19.9 Å². The average molecular weight is 313 g/mol. The molecule has 0 amide bonds. The lowest BCUT2D eigenvalue weighted by molar-refractivity contribution is 0.102. The van der Waals surface area contributed by atoms with Gasteiger partial charge in [0.2, 0.25) is 0 Å². The van der Waals surface area contributed by atoms with Gasteiger partial charge in [-0.15, -0.1) is 11.3 Å². The molecule has 1 aromatic heterocycles. The zero-order valence-electron chi connectivity index (χ0n) is 10.6. The van der Waals surface area contributed by atoms with E-state index in [1.54, 1.807) is 35.6 Å². The third-order valence-corrected chi connectivity index (χ3v) is 5.17. The number of ketones is 1. The Balaban J connectivity index is 2.15. The fourth-order valence-corrected chi connectivity index (χ4v) is 4.04. The second-order valence-corrected chi connectivity index (χ2v) is 7.55. The van der Waals surface area contributed by atoms with Crippen LogP contribution in [0.25, 0.3) is 0 Å². The highest BCUT2D eigenvalue weighted by Gasteiger charge is 2.16. The molecule has 0 N–H and O–H groups in total. The van der Waals surface area contributed by atoms with Crippen molar-refractivity contribution in [3.63, 3.8) is 0 Å². The minimum absolute atomic E-state index is 0.00262. The SMILES string of the molecule is Cc1cc(C(=O)CS(=O)c2cccc(Cl)c2)c(C)s1. The van der Waals surface area contributed by atoms with Crippen LogP contribution in [0.5, 0.6) is 0 Å². The van der Waals surface area contributed by atoms with Gasteiger partial charge in [-0.05, 0) is 38.1 Å². The fourth-order valence-electron chi connectivity index (χ4n) is 1.80. The highest BCUT2D eigenvalue weighted by Crippen LogP contribution is 2.22. The number of thiophene rings is 1. The van der Waals surface area contributed by atoms with Gasteiger partial charge in [-0.1, -0.05) is 17.7 Å². The smallest absolute Gasteiger partial charge is 0.176 e. The second-order valence-electron chi connectivity index (χ2n) is 4.20. The largest absolute Gasteiger partial charge is 0.293 e. The Kier molecular flexibility index (Phi) is 4.55. The van der Waals surface area contributed by atoms with E-state index in [-0.39, 0.29) is 11.5 Å². The lowest BCUT2D eigenvalue weighted by Crippen LogP contribution is -2.11. The number of hydrogen-bond acceptors (Lipinski definition) is 3. The van der Waals surface area contributed by atoms with E-state index in [0.717, 1.165) is 9.75 Å². The molecular formula is C14H13ClO2S2. The van der Waals surface area contributed by atoms with E-state index in [2.05, 4.69) is 0 Å². The monoisotopic (exact) mass is 312 g/mol. The molecule has 0 aliphatic carbocycles. The summed E-state index contributed by atoms with van der Waals surface area (Å²) in [5.41, 5.74) is 0.679. The van der Waals surface area contributed by atoms with Crippen molar-refractivity contribution in [1.29, 1.82) is 0 Å². The van der Waals surface area contributed by atoms with Crippen molar-refractivity contribution in [2.24, 2.45) is 0 Å². The van der Waals surface area contributed by atoms with Gasteiger partial charge in [0.1, 0.15) is 0 Å². The summed E-state index contributed by atoms with van der Waals surface area (Å²) in [6.07, 6.45) is 0. The predicted octanol–water partition coefficient (Wildman–Crippen LogP) is 4.01. The predicted molar refractivity (Wildman–Crippen MR) is 80.9 cm³/mol. The molecular weight excluding hydrogens is 300 g/mol. The van der Waals surface area contributed by atoms with Gasteiger partial charge >= 0.3 is 0 Å². The minimum atomic E-state index is -1.35. The van der Waals surface area contributed by atoms with Crippen molar-refractivity contribution in [3.05, 3.63) is 50.7 Å². The van der Waals surface area contributed by atoms with E-state index in [0.29, 0.717) is 15.5 Å². The number of carbonyl (C=O) groups is 1. The standard InChI is InChI=1S/C14H13ClO2S2/c1-9-6-13(10(2)18-9)14(16)8-19(17)12-5-3-4-11(15)7-12/h3-7H,8H2,1-2H3. The van der Waals surface area contributed by atoms with E-state index in [9.17, 15) is 9.00 Å². The lowest BCUT2D eigenvalue weighted by Gasteiger charge is -2.02. The molecule has 1 aromatic carbocycles. The van der Waals surface area contributed by atoms with Crippen molar-refractivity contribution in [2.45, 2.75) is 18.7 Å². The Hall–Kier alpha value is -0.970. The van der Waals surface area contributed by atoms with Crippen LogP contribution < -0.4 is 0 Å². The summed E-state index contributed by atoms with van der Waals surface area (Å²) in [6, 6.07) is 8.67. The van der Waals surface area contributed by atoms with Gasteiger partial charge in [-0.2, -0.15) is 0 Å². The molecule has 1 heterocycles. The van der Waals surface area contributed by atoms with Crippen molar-refractivity contribution in [2.75, 3.05) is 5.75 Å². The third-order valence-electron chi connectivity index (χ3n) is 2.66. The summed E-state index contributed by atoms with van der Waals surface area (Å²) in [4.78, 5) is 14.8. The second kappa shape index (κ2) is 5.99. The fraction of sp³-hybridized carbons (Fsp3) is 0.214. The molecule has 2 nitrogen and oxygen atoms in total. The van der Waals surface area contributed by atoms with Crippen LogP contribution in [0.3, 0.4) is 0 Å². The normalized spacial score (nSPS) is 12.4. The summed E-state index contributed by atoms with van der Waals surface area (Å²) < 4.78 is 12.1. The summed E-state index contributed by atoms with van der Waals surface area (Å²) in [5, 5.41) is 0.529. The number of hydrogen-bond donors (Lipinski definition) is 0. The van der Waals surface area contributed by atoms with E-state index < -0.39 is 10.8 Å². The molecule has 0 fully saturated rings. The molecule has 1 unspecified atom stereocenters. The van der Waals surface area contributed by atoms with E-state index >= 15 is 0 Å². The van der Waals surface area contributed by atoms with Crippen molar-refractivity contribution >= 4 is 39.5 Å². The summed E-state index contributed by atoms with van der Waals surface area (Å²) in [6.45, 7) is 3.87. The van der Waals surface area contributed by atoms with Crippen LogP contribution in [0.2, 0.25) is 5.02 Å². The van der Waals surface area contributed by atoms with Crippen LogP contribution in [0.4, 0.5) is 0 Å². The summed E-state index contributed by atoms with van der Waals surface area (Å²) in [5.74, 6) is -0.0858. The third kappa shape index (κ3) is 3.53. The van der Waals surface area contributed by atoms with Gasteiger partial charge in [0.25, 0.3) is 0 Å². The van der Waals surface area contributed by atoms with Crippen molar-refractivity contribution in [1.82, 2.24) is 0 Å².